The second-order valence-corrected chi connectivity index (χ2v) is 3.41. The maximum atomic E-state index is 10.3. The summed E-state index contributed by atoms with van der Waals surface area (Å²) in [6, 6.07) is 8.63. The first kappa shape index (κ1) is 15.0. The molecule has 0 atom stereocenters. The summed E-state index contributed by atoms with van der Waals surface area (Å²) in [5.74, 6) is -1.37. The minimum Gasteiger partial charge on any atom is -0.545 e. The van der Waals surface area contributed by atoms with Gasteiger partial charge in [0.1, 0.15) is 0 Å². The smallest absolute Gasteiger partial charge is 0.545 e. The molecule has 5 heteroatoms. The van der Waals surface area contributed by atoms with Gasteiger partial charge in [0.05, 0.1) is 17.6 Å². The van der Waals surface area contributed by atoms with Crippen LogP contribution in [0.25, 0.3) is 5.57 Å². The maximum Gasteiger partial charge on any atom is 1.00 e. The molecule has 0 aliphatic rings. The van der Waals surface area contributed by atoms with Gasteiger partial charge in [-0.3, -0.25) is 0 Å². The van der Waals surface area contributed by atoms with Crippen LogP contribution >= 0.6 is 15.9 Å². The number of aliphatic carboxylic acids is 1. The molecule has 3 nitrogen and oxygen atoms in total. The topological polar surface area (TPSA) is 63.9 Å². The zero-order chi connectivity index (χ0) is 10.6. The zero-order valence-electron chi connectivity index (χ0n) is 8.03. The molecule has 0 N–H and O–H groups in total. The molecule has 0 radical (unpaired) electrons. The first-order valence-electron chi connectivity index (χ1n) is 3.72. The number of halogens is 1. The molecular formula is C10H5BrKNO2. The van der Waals surface area contributed by atoms with Crippen LogP contribution < -0.4 is 56.5 Å². The Hall–Kier alpha value is 0.0364. The summed E-state index contributed by atoms with van der Waals surface area (Å²) in [6.07, 6.45) is 0.780. The first-order valence-corrected chi connectivity index (χ1v) is 4.51. The largest absolute Gasteiger partial charge is 1.00 e. The van der Waals surface area contributed by atoms with Crippen molar-refractivity contribution in [2.75, 3.05) is 0 Å². The van der Waals surface area contributed by atoms with E-state index < -0.39 is 5.97 Å². The average Bonchev–Trinajstić information content (AvgIpc) is 2.14. The number of hydrogen-bond acceptors (Lipinski definition) is 3. The predicted molar refractivity (Wildman–Crippen MR) is 52.7 cm³/mol. The SMILES string of the molecule is N#CC(=CC(=O)[O-])c1cccc(Br)c1.[K+]. The Morgan fingerprint density at radius 1 is 1.53 bits per heavy atom. The molecule has 1 aromatic rings. The fourth-order valence-electron chi connectivity index (χ4n) is 0.954. The number of hydrogen-bond donors (Lipinski definition) is 0. The van der Waals surface area contributed by atoms with Crippen LogP contribution in [0.1, 0.15) is 5.56 Å². The Bertz CT molecular complexity index is 437. The van der Waals surface area contributed by atoms with Gasteiger partial charge in [-0.25, -0.2) is 0 Å². The summed E-state index contributed by atoms with van der Waals surface area (Å²) in [7, 11) is 0. The predicted octanol–water partition coefficient (Wildman–Crippen LogP) is -1.89. The molecule has 15 heavy (non-hydrogen) atoms. The fourth-order valence-corrected chi connectivity index (χ4v) is 1.35. The molecule has 1 rings (SSSR count). The number of rotatable bonds is 2. The molecule has 0 spiro atoms. The van der Waals surface area contributed by atoms with E-state index >= 15 is 0 Å². The van der Waals surface area contributed by atoms with Crippen molar-refractivity contribution in [3.8, 4) is 6.07 Å². The van der Waals surface area contributed by atoms with Crippen LogP contribution in [0.4, 0.5) is 0 Å². The summed E-state index contributed by atoms with van der Waals surface area (Å²) in [5, 5.41) is 19.0. The summed E-state index contributed by atoms with van der Waals surface area (Å²) in [4.78, 5) is 10.3. The van der Waals surface area contributed by atoms with E-state index in [1.54, 1.807) is 30.3 Å². The van der Waals surface area contributed by atoms with Gasteiger partial charge in [0.15, 0.2) is 0 Å². The van der Waals surface area contributed by atoms with Crippen LogP contribution in [0.3, 0.4) is 0 Å². The molecule has 0 saturated heterocycles. The number of allylic oxidation sites excluding steroid dienone is 1. The fraction of sp³-hybridized carbons (Fsp3) is 0. The van der Waals surface area contributed by atoms with Crippen LogP contribution in [0.5, 0.6) is 0 Å². The van der Waals surface area contributed by atoms with Gasteiger partial charge in [-0.1, -0.05) is 28.1 Å². The summed E-state index contributed by atoms with van der Waals surface area (Å²) in [5.41, 5.74) is 0.623. The van der Waals surface area contributed by atoms with Crippen molar-refractivity contribution in [1.82, 2.24) is 0 Å². The van der Waals surface area contributed by atoms with Crippen LogP contribution in [0.15, 0.2) is 34.8 Å². The molecule has 0 heterocycles. The van der Waals surface area contributed by atoms with Gasteiger partial charge >= 0.3 is 51.4 Å². The molecule has 0 saturated carbocycles. The zero-order valence-corrected chi connectivity index (χ0v) is 12.7. The molecule has 0 aliphatic carbocycles. The van der Waals surface area contributed by atoms with Crippen molar-refractivity contribution >= 4 is 27.5 Å². The van der Waals surface area contributed by atoms with E-state index in [4.69, 9.17) is 5.26 Å². The maximum absolute atomic E-state index is 10.3. The van der Waals surface area contributed by atoms with Gasteiger partial charge in [0, 0.05) is 4.47 Å². The minimum atomic E-state index is -1.37. The number of carbonyl (C=O) groups excluding carboxylic acids is 1. The number of nitrogens with zero attached hydrogens (tertiary/aromatic N) is 1. The second kappa shape index (κ2) is 7.33. The summed E-state index contributed by atoms with van der Waals surface area (Å²) < 4.78 is 0.787. The third-order valence-electron chi connectivity index (χ3n) is 1.52. The standard InChI is InChI=1S/C10H6BrNO2.K/c11-9-3-1-2-7(4-9)8(6-12)5-10(13)14;/h1-5H,(H,13,14);/q;+1/p-1. The minimum absolute atomic E-state index is 0. The van der Waals surface area contributed by atoms with Crippen LogP contribution in [0, 0.1) is 11.3 Å². The number of carboxylic acids is 1. The number of nitriles is 1. The van der Waals surface area contributed by atoms with Crippen LogP contribution in [-0.2, 0) is 4.79 Å². The number of carboxylic acid groups (broad SMARTS) is 1. The monoisotopic (exact) mass is 289 g/mol. The Morgan fingerprint density at radius 2 is 2.20 bits per heavy atom. The van der Waals surface area contributed by atoms with Gasteiger partial charge in [0.2, 0.25) is 0 Å². The van der Waals surface area contributed by atoms with Crippen molar-refractivity contribution in [2.24, 2.45) is 0 Å². The van der Waals surface area contributed by atoms with Crippen molar-refractivity contribution < 1.29 is 61.3 Å². The number of carbonyl (C=O) groups is 1. The van der Waals surface area contributed by atoms with E-state index in [0.717, 1.165) is 10.5 Å². The average molecular weight is 290 g/mol. The summed E-state index contributed by atoms with van der Waals surface area (Å²) in [6.45, 7) is 0. The van der Waals surface area contributed by atoms with Crippen molar-refractivity contribution in [2.45, 2.75) is 0 Å². The van der Waals surface area contributed by atoms with Crippen LogP contribution in [0.2, 0.25) is 0 Å². The van der Waals surface area contributed by atoms with Gasteiger partial charge in [-0.15, -0.1) is 0 Å². The van der Waals surface area contributed by atoms with Crippen molar-refractivity contribution in [1.29, 1.82) is 5.26 Å². The second-order valence-electron chi connectivity index (χ2n) is 2.50. The first-order chi connectivity index (χ1) is 6.63. The molecule has 70 valence electrons. The van der Waals surface area contributed by atoms with Gasteiger partial charge in [0.25, 0.3) is 0 Å². The molecule has 0 bridgehead atoms. The van der Waals surface area contributed by atoms with E-state index in [-0.39, 0.29) is 57.0 Å². The molecule has 0 aromatic heterocycles. The molecule has 0 aliphatic heterocycles. The van der Waals surface area contributed by atoms with Gasteiger partial charge in [-0.2, -0.15) is 5.26 Å². The van der Waals surface area contributed by atoms with E-state index in [1.807, 2.05) is 0 Å². The Balaban J connectivity index is 0.00000196. The Labute approximate surface area is 138 Å². The molecule has 1 aromatic carbocycles. The van der Waals surface area contributed by atoms with Crippen molar-refractivity contribution in [3.05, 3.63) is 40.4 Å². The molecule has 0 fully saturated rings. The van der Waals surface area contributed by atoms with E-state index in [0.29, 0.717) is 5.56 Å². The van der Waals surface area contributed by atoms with Crippen molar-refractivity contribution in [3.63, 3.8) is 0 Å². The third-order valence-corrected chi connectivity index (χ3v) is 2.01. The van der Waals surface area contributed by atoms with Crippen LogP contribution in [-0.4, -0.2) is 5.97 Å². The van der Waals surface area contributed by atoms with E-state index in [2.05, 4.69) is 15.9 Å². The van der Waals surface area contributed by atoms with Gasteiger partial charge < -0.3 is 9.90 Å². The summed E-state index contributed by atoms with van der Waals surface area (Å²) >= 11 is 3.23. The van der Waals surface area contributed by atoms with E-state index in [1.165, 1.54) is 0 Å². The molecular weight excluding hydrogens is 285 g/mol. The third kappa shape index (κ3) is 5.07. The quantitative estimate of drug-likeness (QED) is 0.363. The Kier molecular flexibility index (Phi) is 7.35. The molecule has 0 amide bonds. The number of benzene rings is 1. The van der Waals surface area contributed by atoms with Gasteiger partial charge in [-0.05, 0) is 23.8 Å². The normalized spacial score (nSPS) is 10.0. The molecule has 0 unspecified atom stereocenters. The van der Waals surface area contributed by atoms with E-state index in [9.17, 15) is 9.90 Å². The Morgan fingerprint density at radius 3 is 2.67 bits per heavy atom.